The predicted octanol–water partition coefficient (Wildman–Crippen LogP) is 2.79. The summed E-state index contributed by atoms with van der Waals surface area (Å²) in [6, 6.07) is 17.7. The van der Waals surface area contributed by atoms with Crippen LogP contribution >= 0.6 is 0 Å². The van der Waals surface area contributed by atoms with Crippen LogP contribution in [0.5, 0.6) is 0 Å². The third-order valence-corrected chi connectivity index (χ3v) is 1.38. The van der Waals surface area contributed by atoms with Gasteiger partial charge in [0.1, 0.15) is 0 Å². The molecule has 0 nitrogen and oxygen atoms in total. The maximum atomic E-state index is 5.04. The summed E-state index contributed by atoms with van der Waals surface area (Å²) in [5.41, 5.74) is 0.958. The molecule has 0 bridgehead atoms. The Balaban J connectivity index is 0.000000215. The van der Waals surface area contributed by atoms with Crippen LogP contribution < -0.4 is 0 Å². The first-order valence-electron chi connectivity index (χ1n) is 3.78. The Morgan fingerprint density at radius 2 is 1.54 bits per heavy atom. The van der Waals surface area contributed by atoms with Crippen LogP contribution in [0.3, 0.4) is 0 Å². The SMILES string of the molecule is C#C[c-]1cccc1.[Co].c1cc[cH-]c1. The van der Waals surface area contributed by atoms with E-state index in [1.807, 2.05) is 54.6 Å². The third-order valence-electron chi connectivity index (χ3n) is 1.38. The zero-order valence-electron chi connectivity index (χ0n) is 7.11. The summed E-state index contributed by atoms with van der Waals surface area (Å²) in [6.45, 7) is 0. The Bertz CT molecular complexity index is 291. The van der Waals surface area contributed by atoms with Gasteiger partial charge in [0.15, 0.2) is 0 Å². The van der Waals surface area contributed by atoms with E-state index in [-0.39, 0.29) is 16.8 Å². The molecule has 69 valence electrons. The van der Waals surface area contributed by atoms with Crippen LogP contribution in [0.1, 0.15) is 5.56 Å². The smallest absolute Gasteiger partial charge is 0 e. The Kier molecular flexibility index (Phi) is 6.71. The number of terminal acetylenes is 1. The van der Waals surface area contributed by atoms with E-state index in [0.29, 0.717) is 0 Å². The predicted molar refractivity (Wildman–Crippen MR) is 52.0 cm³/mol. The summed E-state index contributed by atoms with van der Waals surface area (Å²) in [7, 11) is 0. The normalized spacial score (nSPS) is 7.31. The first kappa shape index (κ1) is 11.8. The van der Waals surface area contributed by atoms with Crippen molar-refractivity contribution in [3.8, 4) is 12.3 Å². The maximum Gasteiger partial charge on any atom is 0 e. The van der Waals surface area contributed by atoms with Crippen molar-refractivity contribution in [2.24, 2.45) is 0 Å². The van der Waals surface area contributed by atoms with E-state index >= 15 is 0 Å². The van der Waals surface area contributed by atoms with Gasteiger partial charge in [-0.2, -0.15) is 36.3 Å². The van der Waals surface area contributed by atoms with Crippen LogP contribution in [0.25, 0.3) is 0 Å². The summed E-state index contributed by atoms with van der Waals surface area (Å²) in [5.74, 6) is 2.51. The Hall–Kier alpha value is -1.23. The number of hydrogen-bond acceptors (Lipinski definition) is 0. The van der Waals surface area contributed by atoms with Crippen LogP contribution in [-0.2, 0) is 16.8 Å². The topological polar surface area (TPSA) is 0 Å². The molecule has 0 amide bonds. The van der Waals surface area contributed by atoms with Gasteiger partial charge in [-0.3, -0.25) is 0 Å². The molecule has 2 aromatic rings. The molecule has 2 aromatic carbocycles. The van der Waals surface area contributed by atoms with Gasteiger partial charge in [0.25, 0.3) is 0 Å². The molecule has 1 radical (unpaired) electrons. The molecule has 0 aliphatic rings. The average Bonchev–Trinajstić information content (AvgIpc) is 2.81. The quantitative estimate of drug-likeness (QED) is 0.466. The monoisotopic (exact) mass is 213 g/mol. The molecular formula is C12H10Co-2. The molecule has 0 aromatic heterocycles. The molecule has 0 saturated heterocycles. The van der Waals surface area contributed by atoms with Crippen LogP contribution in [-0.4, -0.2) is 0 Å². The van der Waals surface area contributed by atoms with Crippen LogP contribution in [0.2, 0.25) is 0 Å². The fourth-order valence-corrected chi connectivity index (χ4v) is 0.791. The van der Waals surface area contributed by atoms with Gasteiger partial charge in [-0.15, -0.1) is 12.1 Å². The van der Waals surface area contributed by atoms with E-state index in [1.165, 1.54) is 0 Å². The fourth-order valence-electron chi connectivity index (χ4n) is 0.791. The summed E-state index contributed by atoms with van der Waals surface area (Å²) >= 11 is 0. The van der Waals surface area contributed by atoms with E-state index in [9.17, 15) is 0 Å². The van der Waals surface area contributed by atoms with Gasteiger partial charge < -0.3 is 0 Å². The van der Waals surface area contributed by atoms with Gasteiger partial charge in [-0.25, -0.2) is 18.6 Å². The van der Waals surface area contributed by atoms with E-state index in [2.05, 4.69) is 5.92 Å². The second-order valence-corrected chi connectivity index (χ2v) is 2.28. The second-order valence-electron chi connectivity index (χ2n) is 2.28. The first-order valence-corrected chi connectivity index (χ1v) is 3.78. The maximum absolute atomic E-state index is 5.04. The largest absolute Gasteiger partial charge is 0.228 e. The summed E-state index contributed by atoms with van der Waals surface area (Å²) in [4.78, 5) is 0. The molecule has 0 aliphatic carbocycles. The van der Waals surface area contributed by atoms with Crippen molar-refractivity contribution in [3.05, 3.63) is 60.2 Å². The Morgan fingerprint density at radius 1 is 1.00 bits per heavy atom. The Morgan fingerprint density at radius 3 is 1.77 bits per heavy atom. The molecule has 0 saturated carbocycles. The van der Waals surface area contributed by atoms with Gasteiger partial charge >= 0.3 is 0 Å². The van der Waals surface area contributed by atoms with E-state index < -0.39 is 0 Å². The molecule has 13 heavy (non-hydrogen) atoms. The molecular weight excluding hydrogens is 203 g/mol. The van der Waals surface area contributed by atoms with Crippen molar-refractivity contribution in [2.45, 2.75) is 0 Å². The zero-order chi connectivity index (χ0) is 8.65. The van der Waals surface area contributed by atoms with Crippen molar-refractivity contribution in [2.75, 3.05) is 0 Å². The molecule has 1 heteroatoms. The summed E-state index contributed by atoms with van der Waals surface area (Å²) in [5, 5.41) is 0. The summed E-state index contributed by atoms with van der Waals surface area (Å²) in [6.07, 6.45) is 5.04. The third kappa shape index (κ3) is 5.08. The van der Waals surface area contributed by atoms with Crippen molar-refractivity contribution >= 4 is 0 Å². The van der Waals surface area contributed by atoms with Gasteiger partial charge in [0.2, 0.25) is 0 Å². The van der Waals surface area contributed by atoms with E-state index in [0.717, 1.165) is 5.56 Å². The molecule has 0 spiro atoms. The minimum absolute atomic E-state index is 0. The van der Waals surface area contributed by atoms with Crippen molar-refractivity contribution in [1.82, 2.24) is 0 Å². The zero-order valence-corrected chi connectivity index (χ0v) is 8.15. The van der Waals surface area contributed by atoms with Crippen LogP contribution in [0.15, 0.2) is 54.6 Å². The minimum Gasteiger partial charge on any atom is -0.228 e. The second kappa shape index (κ2) is 7.42. The van der Waals surface area contributed by atoms with Gasteiger partial charge in [0, 0.05) is 16.8 Å². The minimum atomic E-state index is 0. The van der Waals surface area contributed by atoms with Gasteiger partial charge in [-0.05, 0) is 0 Å². The number of rotatable bonds is 0. The first-order chi connectivity index (χ1) is 5.93. The molecule has 0 aliphatic heterocycles. The van der Waals surface area contributed by atoms with Crippen LogP contribution in [0.4, 0.5) is 0 Å². The molecule has 0 unspecified atom stereocenters. The summed E-state index contributed by atoms with van der Waals surface area (Å²) < 4.78 is 0. The molecule has 0 fully saturated rings. The van der Waals surface area contributed by atoms with E-state index in [4.69, 9.17) is 6.42 Å². The van der Waals surface area contributed by atoms with Crippen molar-refractivity contribution in [3.63, 3.8) is 0 Å². The number of hydrogen-bond donors (Lipinski definition) is 0. The molecule has 0 heterocycles. The van der Waals surface area contributed by atoms with Gasteiger partial charge in [0.05, 0.1) is 0 Å². The van der Waals surface area contributed by atoms with Crippen molar-refractivity contribution in [1.29, 1.82) is 0 Å². The molecule has 2 rings (SSSR count). The van der Waals surface area contributed by atoms with Crippen molar-refractivity contribution < 1.29 is 16.8 Å². The van der Waals surface area contributed by atoms with Gasteiger partial charge in [-0.1, -0.05) is 5.56 Å². The standard InChI is InChI=1S/C7H5.C5H5.Co/c1-2-7-5-3-4-6-7;1-2-4-5-3-1;/h1,3-6H;1-5H;/q2*-1;. The molecule has 0 atom stereocenters. The Labute approximate surface area is 89.5 Å². The van der Waals surface area contributed by atoms with E-state index in [1.54, 1.807) is 0 Å². The fraction of sp³-hybridized carbons (Fsp3) is 0. The average molecular weight is 213 g/mol. The molecule has 0 N–H and O–H groups in total. The van der Waals surface area contributed by atoms with Crippen LogP contribution in [0, 0.1) is 12.3 Å².